The van der Waals surface area contributed by atoms with Gasteiger partial charge in [-0.25, -0.2) is 4.39 Å². The Kier molecular flexibility index (Phi) is 7.65. The maximum Gasteiger partial charge on any atom is 0.166 e. The first-order valence-corrected chi connectivity index (χ1v) is 10.0. The van der Waals surface area contributed by atoms with Crippen LogP contribution in [-0.4, -0.2) is 13.2 Å². The molecule has 3 aromatic rings. The highest BCUT2D eigenvalue weighted by Gasteiger charge is 2.11. The maximum absolute atomic E-state index is 13.8. The summed E-state index contributed by atoms with van der Waals surface area (Å²) in [5.74, 6) is 1.34. The number of para-hydroxylation sites is 1. The lowest BCUT2D eigenvalue weighted by atomic mass is 10.1. The number of ether oxygens (including phenoxy) is 2. The fraction of sp³-hybridized carbons (Fsp3) is 0.280. The minimum absolute atomic E-state index is 0.158. The number of halogens is 1. The fourth-order valence-corrected chi connectivity index (χ4v) is 3.12. The first-order valence-electron chi connectivity index (χ1n) is 10.0. The molecular formula is C25H28FNO2. The molecule has 152 valence electrons. The Labute approximate surface area is 172 Å². The summed E-state index contributed by atoms with van der Waals surface area (Å²) in [6.07, 6.45) is 0.636. The van der Waals surface area contributed by atoms with E-state index in [1.54, 1.807) is 6.07 Å². The number of rotatable bonds is 10. The third kappa shape index (κ3) is 6.06. The first kappa shape index (κ1) is 20.9. The molecule has 4 heteroatoms. The Morgan fingerprint density at radius 3 is 2.38 bits per heavy atom. The van der Waals surface area contributed by atoms with E-state index in [1.807, 2.05) is 37.3 Å². The summed E-state index contributed by atoms with van der Waals surface area (Å²) in [6, 6.07) is 21.1. The smallest absolute Gasteiger partial charge is 0.166 e. The Morgan fingerprint density at radius 1 is 0.862 bits per heavy atom. The molecule has 0 fully saturated rings. The van der Waals surface area contributed by atoms with Crippen molar-refractivity contribution in [2.75, 3.05) is 13.2 Å². The molecule has 0 unspecified atom stereocenters. The van der Waals surface area contributed by atoms with Crippen LogP contribution in [0.5, 0.6) is 11.5 Å². The van der Waals surface area contributed by atoms with Crippen LogP contribution in [-0.2, 0) is 19.6 Å². The summed E-state index contributed by atoms with van der Waals surface area (Å²) in [5, 5.41) is 3.39. The normalized spacial score (nSPS) is 10.7. The maximum atomic E-state index is 13.8. The van der Waals surface area contributed by atoms with Gasteiger partial charge in [0.25, 0.3) is 0 Å². The van der Waals surface area contributed by atoms with E-state index in [0.717, 1.165) is 28.2 Å². The molecule has 3 rings (SSSR count). The quantitative estimate of drug-likeness (QED) is 0.465. The van der Waals surface area contributed by atoms with Gasteiger partial charge >= 0.3 is 0 Å². The molecule has 0 bridgehead atoms. The summed E-state index contributed by atoms with van der Waals surface area (Å²) in [5.41, 5.74) is 4.08. The fourth-order valence-electron chi connectivity index (χ4n) is 3.12. The van der Waals surface area contributed by atoms with Crippen LogP contribution in [0.4, 0.5) is 4.39 Å². The molecule has 0 radical (unpaired) electrons. The van der Waals surface area contributed by atoms with Crippen molar-refractivity contribution in [1.29, 1.82) is 0 Å². The van der Waals surface area contributed by atoms with Crippen LogP contribution >= 0.6 is 0 Å². The Bertz CT molecular complexity index is 909. The van der Waals surface area contributed by atoms with Crippen molar-refractivity contribution < 1.29 is 13.9 Å². The van der Waals surface area contributed by atoms with E-state index < -0.39 is 0 Å². The van der Waals surface area contributed by atoms with Crippen molar-refractivity contribution in [1.82, 2.24) is 5.32 Å². The number of nitrogens with one attached hydrogen (secondary N) is 1. The molecule has 0 heterocycles. The second-order valence-electron chi connectivity index (χ2n) is 6.97. The van der Waals surface area contributed by atoms with Crippen LogP contribution in [0.1, 0.15) is 29.2 Å². The predicted octanol–water partition coefficient (Wildman–Crippen LogP) is 5.44. The van der Waals surface area contributed by atoms with E-state index in [-0.39, 0.29) is 5.82 Å². The van der Waals surface area contributed by atoms with Crippen molar-refractivity contribution in [2.24, 2.45) is 0 Å². The molecule has 3 aromatic carbocycles. The van der Waals surface area contributed by atoms with Crippen LogP contribution in [0.3, 0.4) is 0 Å². The average molecular weight is 394 g/mol. The summed E-state index contributed by atoms with van der Waals surface area (Å²) in [6.45, 7) is 6.39. The zero-order valence-corrected chi connectivity index (χ0v) is 17.1. The van der Waals surface area contributed by atoms with Crippen molar-refractivity contribution in [3.8, 4) is 11.5 Å². The molecule has 0 aromatic heterocycles. The van der Waals surface area contributed by atoms with Crippen molar-refractivity contribution in [3.05, 3.63) is 94.8 Å². The van der Waals surface area contributed by atoms with Crippen LogP contribution in [0, 0.1) is 12.7 Å². The highest BCUT2D eigenvalue weighted by Crippen LogP contribution is 2.32. The van der Waals surface area contributed by atoms with Gasteiger partial charge in [0.15, 0.2) is 11.5 Å². The van der Waals surface area contributed by atoms with Gasteiger partial charge in [0.2, 0.25) is 0 Å². The average Bonchev–Trinajstić information content (AvgIpc) is 2.73. The molecule has 0 aliphatic carbocycles. The van der Waals surface area contributed by atoms with E-state index in [2.05, 4.69) is 36.5 Å². The van der Waals surface area contributed by atoms with Gasteiger partial charge in [-0.05, 0) is 50.1 Å². The number of hydrogen-bond acceptors (Lipinski definition) is 3. The Morgan fingerprint density at radius 2 is 1.62 bits per heavy atom. The van der Waals surface area contributed by atoms with Gasteiger partial charge in [-0.1, -0.05) is 60.2 Å². The summed E-state index contributed by atoms with van der Waals surface area (Å²) >= 11 is 0. The number of hydrogen-bond donors (Lipinski definition) is 1. The molecule has 0 atom stereocenters. The van der Waals surface area contributed by atoms with Crippen molar-refractivity contribution in [2.45, 2.75) is 33.4 Å². The predicted molar refractivity (Wildman–Crippen MR) is 115 cm³/mol. The minimum atomic E-state index is -0.158. The lowest BCUT2D eigenvalue weighted by Gasteiger charge is -2.17. The zero-order valence-electron chi connectivity index (χ0n) is 17.1. The molecule has 0 aliphatic rings. The minimum Gasteiger partial charge on any atom is -0.490 e. The molecule has 0 saturated heterocycles. The molecule has 0 saturated carbocycles. The molecule has 29 heavy (non-hydrogen) atoms. The molecule has 1 N–H and O–H groups in total. The largest absolute Gasteiger partial charge is 0.490 e. The van der Waals surface area contributed by atoms with Crippen LogP contribution < -0.4 is 14.8 Å². The highest BCUT2D eigenvalue weighted by atomic mass is 19.1. The molecule has 3 nitrogen and oxygen atoms in total. The molecule has 0 amide bonds. The SMILES string of the molecule is CCOc1cccc(CNCCc2ccccc2F)c1OCc1ccc(C)cc1. The standard InChI is InChI=1S/C25H28FNO2/c1-3-28-24-10-6-8-22(17-27-16-15-21-7-4-5-9-23(21)26)25(24)29-18-20-13-11-19(2)12-14-20/h4-14,27H,3,15-18H2,1-2H3. The van der Waals surface area contributed by atoms with Gasteiger partial charge in [0, 0.05) is 12.1 Å². The first-order chi connectivity index (χ1) is 14.2. The monoisotopic (exact) mass is 393 g/mol. The third-order valence-corrected chi connectivity index (χ3v) is 4.71. The highest BCUT2D eigenvalue weighted by molar-refractivity contribution is 5.47. The summed E-state index contributed by atoms with van der Waals surface area (Å²) < 4.78 is 25.7. The number of benzene rings is 3. The second-order valence-corrected chi connectivity index (χ2v) is 6.97. The van der Waals surface area contributed by atoms with Gasteiger partial charge in [-0.2, -0.15) is 0 Å². The van der Waals surface area contributed by atoms with E-state index in [0.29, 0.717) is 32.7 Å². The third-order valence-electron chi connectivity index (χ3n) is 4.71. The van der Waals surface area contributed by atoms with E-state index in [4.69, 9.17) is 9.47 Å². The molecular weight excluding hydrogens is 365 g/mol. The van der Waals surface area contributed by atoms with Gasteiger partial charge in [0.1, 0.15) is 12.4 Å². The van der Waals surface area contributed by atoms with Crippen molar-refractivity contribution in [3.63, 3.8) is 0 Å². The second kappa shape index (κ2) is 10.6. The van der Waals surface area contributed by atoms with E-state index in [1.165, 1.54) is 11.6 Å². The lowest BCUT2D eigenvalue weighted by Crippen LogP contribution is -2.18. The topological polar surface area (TPSA) is 30.5 Å². The van der Waals surface area contributed by atoms with Gasteiger partial charge < -0.3 is 14.8 Å². The summed E-state index contributed by atoms with van der Waals surface area (Å²) in [4.78, 5) is 0. The van der Waals surface area contributed by atoms with Gasteiger partial charge in [-0.3, -0.25) is 0 Å². The van der Waals surface area contributed by atoms with Crippen LogP contribution in [0.15, 0.2) is 66.7 Å². The Balaban J connectivity index is 1.64. The van der Waals surface area contributed by atoms with Gasteiger partial charge in [-0.15, -0.1) is 0 Å². The zero-order chi connectivity index (χ0) is 20.5. The van der Waals surface area contributed by atoms with Gasteiger partial charge in [0.05, 0.1) is 6.61 Å². The van der Waals surface area contributed by atoms with E-state index >= 15 is 0 Å². The molecule has 0 spiro atoms. The molecule has 0 aliphatic heterocycles. The summed E-state index contributed by atoms with van der Waals surface area (Å²) in [7, 11) is 0. The van der Waals surface area contributed by atoms with E-state index in [9.17, 15) is 4.39 Å². The van der Waals surface area contributed by atoms with Crippen LogP contribution in [0.2, 0.25) is 0 Å². The van der Waals surface area contributed by atoms with Crippen LogP contribution in [0.25, 0.3) is 0 Å². The number of aryl methyl sites for hydroxylation is 1. The Hall–Kier alpha value is -2.85. The lowest BCUT2D eigenvalue weighted by molar-refractivity contribution is 0.266. The van der Waals surface area contributed by atoms with Crippen molar-refractivity contribution >= 4 is 0 Å².